The lowest BCUT2D eigenvalue weighted by Gasteiger charge is -2.31. The van der Waals surface area contributed by atoms with E-state index < -0.39 is 35.3 Å². The van der Waals surface area contributed by atoms with E-state index >= 15 is 0 Å². The number of aliphatic hydroxyl groups is 1. The Kier molecular flexibility index (Phi) is 9.31. The minimum atomic E-state index is -4.48. The van der Waals surface area contributed by atoms with Crippen molar-refractivity contribution in [3.8, 4) is 0 Å². The zero-order chi connectivity index (χ0) is 32.4. The van der Waals surface area contributed by atoms with E-state index in [1.165, 1.54) is 6.07 Å². The molecule has 1 saturated heterocycles. The Labute approximate surface area is 260 Å². The fourth-order valence-corrected chi connectivity index (χ4v) is 5.73. The zero-order valence-corrected chi connectivity index (χ0v) is 25.6. The summed E-state index contributed by atoms with van der Waals surface area (Å²) in [6, 6.07) is 17.2. The predicted octanol–water partition coefficient (Wildman–Crippen LogP) is 5.43. The highest BCUT2D eigenvalue weighted by Crippen LogP contribution is 2.33. The first-order valence-electron chi connectivity index (χ1n) is 15.1. The Morgan fingerprint density at radius 3 is 2.44 bits per heavy atom. The summed E-state index contributed by atoms with van der Waals surface area (Å²) >= 11 is 0. The lowest BCUT2D eigenvalue weighted by atomic mass is 9.92. The van der Waals surface area contributed by atoms with Crippen LogP contribution in [0, 0.1) is 0 Å². The number of nitrogens with one attached hydrogen (secondary N) is 2. The van der Waals surface area contributed by atoms with E-state index in [4.69, 9.17) is 0 Å². The van der Waals surface area contributed by atoms with Crippen molar-refractivity contribution >= 4 is 28.5 Å². The third-order valence-corrected chi connectivity index (χ3v) is 8.42. The lowest BCUT2D eigenvalue weighted by Crippen LogP contribution is -2.51. The van der Waals surface area contributed by atoms with Gasteiger partial charge in [-0.25, -0.2) is 4.98 Å². The molecule has 3 N–H and O–H groups in total. The predicted molar refractivity (Wildman–Crippen MR) is 167 cm³/mol. The van der Waals surface area contributed by atoms with Crippen LogP contribution in [-0.2, 0) is 29.5 Å². The average molecular weight is 622 g/mol. The normalized spacial score (nSPS) is 15.4. The molecule has 2 atom stereocenters. The third-order valence-electron chi connectivity index (χ3n) is 8.42. The number of hydrogen-bond donors (Lipinski definition) is 3. The van der Waals surface area contributed by atoms with Crippen molar-refractivity contribution < 1.29 is 27.9 Å². The monoisotopic (exact) mass is 621 g/mol. The number of aliphatic hydroxyl groups excluding tert-OH is 1. The highest BCUT2D eigenvalue weighted by molar-refractivity contribution is 6.07. The van der Waals surface area contributed by atoms with Gasteiger partial charge in [-0.1, -0.05) is 42.5 Å². The number of anilines is 1. The van der Waals surface area contributed by atoms with E-state index in [0.717, 1.165) is 29.6 Å². The Bertz CT molecular complexity index is 1670. The summed E-state index contributed by atoms with van der Waals surface area (Å²) in [5.74, 6) is -0.447. The number of aryl methyl sites for hydroxylation is 1. The van der Waals surface area contributed by atoms with E-state index in [-0.39, 0.29) is 12.5 Å². The summed E-state index contributed by atoms with van der Waals surface area (Å²) in [6.45, 7) is 6.61. The molecule has 238 valence electrons. The molecule has 8 nitrogen and oxygen atoms in total. The van der Waals surface area contributed by atoms with Crippen molar-refractivity contribution in [2.75, 3.05) is 18.0 Å². The van der Waals surface area contributed by atoms with Crippen LogP contribution in [0.5, 0.6) is 0 Å². The first kappa shape index (κ1) is 32.2. The molecule has 2 heterocycles. The van der Waals surface area contributed by atoms with Crippen LogP contribution in [0.4, 0.5) is 18.9 Å². The van der Waals surface area contributed by atoms with Crippen molar-refractivity contribution in [1.82, 2.24) is 20.2 Å². The van der Waals surface area contributed by atoms with Gasteiger partial charge in [0.2, 0.25) is 5.91 Å². The molecule has 0 bridgehead atoms. The molecule has 1 fully saturated rings. The summed E-state index contributed by atoms with van der Waals surface area (Å²) < 4.78 is 42.0. The quantitative estimate of drug-likeness (QED) is 0.208. The van der Waals surface area contributed by atoms with Gasteiger partial charge in [-0.3, -0.25) is 9.59 Å². The molecule has 11 heteroatoms. The molecular formula is C34H38F3N5O3. The molecule has 0 spiro atoms. The fourth-order valence-electron chi connectivity index (χ4n) is 5.73. The average Bonchev–Trinajstić information content (AvgIpc) is 3.65. The second kappa shape index (κ2) is 13.0. The number of carbonyl (C=O) groups is 2. The molecule has 45 heavy (non-hydrogen) atoms. The highest BCUT2D eigenvalue weighted by atomic mass is 19.4. The molecule has 0 unspecified atom stereocenters. The highest BCUT2D eigenvalue weighted by Gasteiger charge is 2.33. The van der Waals surface area contributed by atoms with Crippen molar-refractivity contribution in [3.05, 3.63) is 95.3 Å². The van der Waals surface area contributed by atoms with Crippen LogP contribution < -0.4 is 15.5 Å². The first-order chi connectivity index (χ1) is 21.4. The maximum Gasteiger partial charge on any atom is 0.416 e. The second-order valence-electron chi connectivity index (χ2n) is 12.0. The Hall–Kier alpha value is -4.22. The maximum atomic E-state index is 13.8. The molecule has 0 saturated carbocycles. The molecule has 2 amide bonds. The van der Waals surface area contributed by atoms with Gasteiger partial charge in [0.1, 0.15) is 5.52 Å². The van der Waals surface area contributed by atoms with Crippen LogP contribution in [0.2, 0.25) is 0 Å². The number of alkyl halides is 3. The van der Waals surface area contributed by atoms with Gasteiger partial charge in [-0.15, -0.1) is 0 Å². The van der Waals surface area contributed by atoms with Gasteiger partial charge in [-0.2, -0.15) is 13.2 Å². The Morgan fingerprint density at radius 2 is 1.78 bits per heavy atom. The third kappa shape index (κ3) is 7.20. The van der Waals surface area contributed by atoms with Crippen molar-refractivity contribution in [2.45, 2.75) is 70.4 Å². The van der Waals surface area contributed by atoms with E-state index in [2.05, 4.69) is 15.6 Å². The SMILES string of the molecule is CCn1cnc2c(N3CCCC3=O)cc(C(=O)N[C@@H](Cc3ccccc3)[C@H](O)CNC(C)(C)c3cccc(C(F)(F)F)c3)cc21. The summed E-state index contributed by atoms with van der Waals surface area (Å²) in [5, 5.41) is 17.6. The van der Waals surface area contributed by atoms with Crippen molar-refractivity contribution in [3.63, 3.8) is 0 Å². The van der Waals surface area contributed by atoms with E-state index in [9.17, 15) is 27.9 Å². The van der Waals surface area contributed by atoms with Gasteiger partial charge in [0.15, 0.2) is 0 Å². The number of amides is 2. The number of imidazole rings is 1. The molecule has 1 aromatic heterocycles. The van der Waals surface area contributed by atoms with Gasteiger partial charge in [0.25, 0.3) is 5.91 Å². The van der Waals surface area contributed by atoms with E-state index in [0.29, 0.717) is 48.3 Å². The molecule has 0 aliphatic carbocycles. The van der Waals surface area contributed by atoms with Crippen LogP contribution in [0.15, 0.2) is 73.1 Å². The van der Waals surface area contributed by atoms with Crippen molar-refractivity contribution in [1.29, 1.82) is 0 Å². The molecular weight excluding hydrogens is 583 g/mol. The van der Waals surface area contributed by atoms with E-state index in [1.54, 1.807) is 43.3 Å². The van der Waals surface area contributed by atoms with Crippen molar-refractivity contribution in [2.24, 2.45) is 0 Å². The summed E-state index contributed by atoms with van der Waals surface area (Å²) in [5.41, 5.74) is 1.92. The largest absolute Gasteiger partial charge is 0.416 e. The molecule has 5 rings (SSSR count). The summed E-state index contributed by atoms with van der Waals surface area (Å²) in [4.78, 5) is 32.7. The number of fused-ring (bicyclic) bond motifs is 1. The smallest absolute Gasteiger partial charge is 0.390 e. The van der Waals surface area contributed by atoms with Crippen LogP contribution in [-0.4, -0.2) is 51.7 Å². The number of benzene rings is 3. The number of nitrogens with zero attached hydrogens (tertiary/aromatic N) is 3. The minimum Gasteiger partial charge on any atom is -0.390 e. The summed E-state index contributed by atoms with van der Waals surface area (Å²) in [7, 11) is 0. The number of halogens is 3. The first-order valence-corrected chi connectivity index (χ1v) is 15.1. The van der Waals surface area contributed by atoms with Crippen LogP contribution in [0.1, 0.15) is 60.7 Å². The minimum absolute atomic E-state index is 0.00377. The zero-order valence-electron chi connectivity index (χ0n) is 25.6. The molecule has 1 aliphatic heterocycles. The number of aromatic nitrogens is 2. The van der Waals surface area contributed by atoms with Crippen LogP contribution >= 0.6 is 0 Å². The molecule has 4 aromatic rings. The number of carbonyl (C=O) groups excluding carboxylic acids is 2. The van der Waals surface area contributed by atoms with Crippen LogP contribution in [0.25, 0.3) is 11.0 Å². The number of hydrogen-bond acceptors (Lipinski definition) is 5. The second-order valence-corrected chi connectivity index (χ2v) is 12.0. The van der Waals surface area contributed by atoms with E-state index in [1.807, 2.05) is 41.8 Å². The maximum absolute atomic E-state index is 13.8. The molecule has 1 aliphatic rings. The topological polar surface area (TPSA) is 99.5 Å². The Balaban J connectivity index is 1.40. The molecule has 3 aromatic carbocycles. The van der Waals surface area contributed by atoms with Gasteiger partial charge in [0.05, 0.1) is 35.2 Å². The summed E-state index contributed by atoms with van der Waals surface area (Å²) in [6.07, 6.45) is -2.41. The van der Waals surface area contributed by atoms with Gasteiger partial charge in [0, 0.05) is 37.2 Å². The lowest BCUT2D eigenvalue weighted by molar-refractivity contribution is -0.137. The van der Waals surface area contributed by atoms with Gasteiger partial charge >= 0.3 is 6.18 Å². The standard InChI is InChI=1S/C34H38F3N5O3/c1-4-41-21-38-31-27(41)17-23(18-28(31)42-15-9-14-30(42)44)32(45)40-26(16-22-10-6-5-7-11-22)29(43)20-39-33(2,3)24-12-8-13-25(19-24)34(35,36)37/h5-8,10-13,17-19,21,26,29,39,43H,4,9,14-16,20H2,1-3H3,(H,40,45)/t26-,29+/m0/s1. The van der Waals surface area contributed by atoms with Gasteiger partial charge in [-0.05, 0) is 69.0 Å². The fraction of sp³-hybridized carbons (Fsp3) is 0.382. The van der Waals surface area contributed by atoms with Gasteiger partial charge < -0.3 is 25.2 Å². The van der Waals surface area contributed by atoms with Crippen LogP contribution in [0.3, 0.4) is 0 Å². The number of rotatable bonds is 11. The Morgan fingerprint density at radius 1 is 1.04 bits per heavy atom. The molecule has 0 radical (unpaired) electrons.